The fourth-order valence-corrected chi connectivity index (χ4v) is 2.82. The van der Waals surface area contributed by atoms with Crippen LogP contribution in [0.25, 0.3) is 0 Å². The van der Waals surface area contributed by atoms with Crippen molar-refractivity contribution in [2.24, 2.45) is 0 Å². The van der Waals surface area contributed by atoms with Crippen molar-refractivity contribution < 1.29 is 19.4 Å². The third-order valence-corrected chi connectivity index (χ3v) is 3.97. The molecule has 1 aromatic carbocycles. The highest BCUT2D eigenvalue weighted by molar-refractivity contribution is 5.68. The van der Waals surface area contributed by atoms with Crippen molar-refractivity contribution in [3.63, 3.8) is 0 Å². The van der Waals surface area contributed by atoms with Crippen molar-refractivity contribution in [3.8, 4) is 0 Å². The first-order valence-electron chi connectivity index (χ1n) is 8.30. The molecule has 1 amide bonds. The molecule has 0 radical (unpaired) electrons. The Kier molecular flexibility index (Phi) is 6.07. The number of hydrogen-bond acceptors (Lipinski definition) is 5. The van der Waals surface area contributed by atoms with Crippen LogP contribution in [0, 0.1) is 0 Å². The number of rotatable bonds is 5. The van der Waals surface area contributed by atoms with Crippen LogP contribution < -0.4 is 4.90 Å². The van der Waals surface area contributed by atoms with Gasteiger partial charge in [0.05, 0.1) is 6.54 Å². The zero-order chi connectivity index (χ0) is 17.7. The second-order valence-corrected chi connectivity index (χ2v) is 7.05. The van der Waals surface area contributed by atoms with Gasteiger partial charge < -0.3 is 24.4 Å². The van der Waals surface area contributed by atoms with Crippen molar-refractivity contribution in [2.45, 2.75) is 45.1 Å². The van der Waals surface area contributed by atoms with E-state index in [2.05, 4.69) is 4.90 Å². The fraction of sp³-hybridized carbons (Fsp3) is 0.611. The van der Waals surface area contributed by atoms with Gasteiger partial charge in [0.25, 0.3) is 0 Å². The van der Waals surface area contributed by atoms with Crippen LogP contribution in [-0.4, -0.2) is 60.8 Å². The lowest BCUT2D eigenvalue weighted by molar-refractivity contribution is -0.0672. The summed E-state index contributed by atoms with van der Waals surface area (Å²) in [5.74, 6) is 0. The Hall–Kier alpha value is -1.79. The standard InChI is InChI=1S/C18H28N2O4/c1-18(2,3)24-17(22)19-11-10-15(12-19)20(13-16(21)23-4)14-8-6-5-7-9-14/h5-9,15-16,21H,10-13H2,1-4H3. The number of carbonyl (C=O) groups is 1. The smallest absolute Gasteiger partial charge is 0.410 e. The number of para-hydroxylation sites is 1. The van der Waals surface area contributed by atoms with Gasteiger partial charge in [0.1, 0.15) is 5.60 Å². The quantitative estimate of drug-likeness (QED) is 0.837. The highest BCUT2D eigenvalue weighted by atomic mass is 16.6. The zero-order valence-corrected chi connectivity index (χ0v) is 14.9. The van der Waals surface area contributed by atoms with Gasteiger partial charge in [-0.2, -0.15) is 0 Å². The molecule has 0 aromatic heterocycles. The van der Waals surface area contributed by atoms with Crippen molar-refractivity contribution in [1.82, 2.24) is 4.90 Å². The molecule has 24 heavy (non-hydrogen) atoms. The van der Waals surface area contributed by atoms with E-state index in [9.17, 15) is 9.90 Å². The number of benzene rings is 1. The molecular formula is C18H28N2O4. The lowest BCUT2D eigenvalue weighted by Crippen LogP contribution is -2.44. The normalized spacial score (nSPS) is 19.2. The van der Waals surface area contributed by atoms with Crippen LogP contribution in [0.15, 0.2) is 30.3 Å². The highest BCUT2D eigenvalue weighted by Gasteiger charge is 2.33. The lowest BCUT2D eigenvalue weighted by atomic mass is 10.2. The summed E-state index contributed by atoms with van der Waals surface area (Å²) in [7, 11) is 1.48. The minimum atomic E-state index is -0.874. The molecule has 6 nitrogen and oxygen atoms in total. The van der Waals surface area contributed by atoms with Crippen molar-refractivity contribution in [1.29, 1.82) is 0 Å². The molecule has 134 valence electrons. The minimum Gasteiger partial charge on any atom is -0.444 e. The van der Waals surface area contributed by atoms with Gasteiger partial charge in [0.15, 0.2) is 6.29 Å². The summed E-state index contributed by atoms with van der Waals surface area (Å²) < 4.78 is 10.5. The Balaban J connectivity index is 2.07. The monoisotopic (exact) mass is 336 g/mol. The van der Waals surface area contributed by atoms with Crippen LogP contribution in [0.2, 0.25) is 0 Å². The molecule has 6 heteroatoms. The Bertz CT molecular complexity index is 530. The average molecular weight is 336 g/mol. The molecule has 1 saturated heterocycles. The van der Waals surface area contributed by atoms with Crippen LogP contribution >= 0.6 is 0 Å². The van der Waals surface area contributed by atoms with Gasteiger partial charge in [0.2, 0.25) is 0 Å². The number of methoxy groups -OCH3 is 1. The van der Waals surface area contributed by atoms with Gasteiger partial charge in [-0.3, -0.25) is 0 Å². The Morgan fingerprint density at radius 3 is 2.62 bits per heavy atom. The number of amides is 1. The van der Waals surface area contributed by atoms with Crippen molar-refractivity contribution >= 4 is 11.8 Å². The van der Waals surface area contributed by atoms with Crippen LogP contribution in [0.3, 0.4) is 0 Å². The van der Waals surface area contributed by atoms with E-state index in [1.54, 1.807) is 4.90 Å². The molecule has 0 aliphatic carbocycles. The van der Waals surface area contributed by atoms with E-state index in [1.807, 2.05) is 51.1 Å². The first-order chi connectivity index (χ1) is 11.3. The van der Waals surface area contributed by atoms with Crippen LogP contribution in [0.5, 0.6) is 0 Å². The van der Waals surface area contributed by atoms with E-state index >= 15 is 0 Å². The largest absolute Gasteiger partial charge is 0.444 e. The number of aliphatic hydroxyl groups is 1. The molecule has 0 saturated carbocycles. The number of aliphatic hydroxyl groups excluding tert-OH is 1. The number of anilines is 1. The topological polar surface area (TPSA) is 62.2 Å². The minimum absolute atomic E-state index is 0.115. The number of ether oxygens (including phenoxy) is 2. The average Bonchev–Trinajstić information content (AvgIpc) is 3.01. The second kappa shape index (κ2) is 7.85. The Morgan fingerprint density at radius 2 is 2.04 bits per heavy atom. The first-order valence-corrected chi connectivity index (χ1v) is 8.30. The van der Waals surface area contributed by atoms with Crippen LogP contribution in [0.1, 0.15) is 27.2 Å². The van der Waals surface area contributed by atoms with Gasteiger partial charge >= 0.3 is 6.09 Å². The predicted octanol–water partition coefficient (Wildman–Crippen LogP) is 2.47. The number of likely N-dealkylation sites (tertiary alicyclic amines) is 1. The fourth-order valence-electron chi connectivity index (χ4n) is 2.82. The molecule has 1 heterocycles. The molecule has 2 atom stereocenters. The van der Waals surface area contributed by atoms with E-state index in [0.29, 0.717) is 19.6 Å². The molecule has 1 aliphatic rings. The van der Waals surface area contributed by atoms with Crippen molar-refractivity contribution in [2.75, 3.05) is 31.6 Å². The molecule has 1 N–H and O–H groups in total. The molecule has 1 aliphatic heterocycles. The van der Waals surface area contributed by atoms with Gasteiger partial charge in [-0.05, 0) is 39.3 Å². The molecule has 2 rings (SSSR count). The van der Waals surface area contributed by atoms with E-state index < -0.39 is 11.9 Å². The van der Waals surface area contributed by atoms with E-state index in [0.717, 1.165) is 12.1 Å². The number of nitrogens with zero attached hydrogens (tertiary/aromatic N) is 2. The summed E-state index contributed by atoms with van der Waals surface area (Å²) in [5, 5.41) is 9.91. The Morgan fingerprint density at radius 1 is 1.38 bits per heavy atom. The molecule has 0 spiro atoms. The van der Waals surface area contributed by atoms with E-state index in [-0.39, 0.29) is 12.1 Å². The van der Waals surface area contributed by atoms with Crippen molar-refractivity contribution in [3.05, 3.63) is 30.3 Å². The van der Waals surface area contributed by atoms with Gasteiger partial charge in [-0.15, -0.1) is 0 Å². The number of hydrogen-bond donors (Lipinski definition) is 1. The maximum Gasteiger partial charge on any atom is 0.410 e. The predicted molar refractivity (Wildman–Crippen MR) is 93.0 cm³/mol. The van der Waals surface area contributed by atoms with Gasteiger partial charge in [0, 0.05) is 31.9 Å². The second-order valence-electron chi connectivity index (χ2n) is 7.05. The third-order valence-electron chi connectivity index (χ3n) is 3.97. The summed E-state index contributed by atoms with van der Waals surface area (Å²) in [6, 6.07) is 9.99. The lowest BCUT2D eigenvalue weighted by Gasteiger charge is -2.32. The molecule has 2 unspecified atom stereocenters. The summed E-state index contributed by atoms with van der Waals surface area (Å²) in [4.78, 5) is 16.1. The zero-order valence-electron chi connectivity index (χ0n) is 14.9. The summed E-state index contributed by atoms with van der Waals surface area (Å²) in [5.41, 5.74) is 0.505. The molecular weight excluding hydrogens is 308 g/mol. The number of carbonyl (C=O) groups excluding carboxylic acids is 1. The maximum atomic E-state index is 12.3. The van der Waals surface area contributed by atoms with E-state index in [4.69, 9.17) is 9.47 Å². The highest BCUT2D eigenvalue weighted by Crippen LogP contribution is 2.24. The first kappa shape index (κ1) is 18.5. The molecule has 1 fully saturated rings. The van der Waals surface area contributed by atoms with E-state index in [1.165, 1.54) is 7.11 Å². The summed E-state index contributed by atoms with van der Waals surface area (Å²) in [6.45, 7) is 7.16. The maximum absolute atomic E-state index is 12.3. The molecule has 1 aromatic rings. The van der Waals surface area contributed by atoms with Gasteiger partial charge in [-0.1, -0.05) is 18.2 Å². The Labute approximate surface area is 144 Å². The van der Waals surface area contributed by atoms with Crippen LogP contribution in [-0.2, 0) is 9.47 Å². The molecule has 0 bridgehead atoms. The van der Waals surface area contributed by atoms with Crippen LogP contribution in [0.4, 0.5) is 10.5 Å². The summed E-state index contributed by atoms with van der Waals surface area (Å²) in [6.07, 6.45) is -0.337. The SMILES string of the molecule is COC(O)CN(c1ccccc1)C1CCN(C(=O)OC(C)(C)C)C1. The third kappa shape index (κ3) is 5.11. The summed E-state index contributed by atoms with van der Waals surface area (Å²) >= 11 is 0. The van der Waals surface area contributed by atoms with Gasteiger partial charge in [-0.25, -0.2) is 4.79 Å².